The lowest BCUT2D eigenvalue weighted by Gasteiger charge is -2.19. The van der Waals surface area contributed by atoms with Crippen LogP contribution in [0.25, 0.3) is 0 Å². The van der Waals surface area contributed by atoms with Gasteiger partial charge in [-0.2, -0.15) is 0 Å². The normalized spacial score (nSPS) is 20.5. The molecule has 26 heavy (non-hydrogen) atoms. The highest BCUT2D eigenvalue weighted by Gasteiger charge is 2.36. The van der Waals surface area contributed by atoms with Crippen molar-refractivity contribution in [2.75, 3.05) is 26.7 Å². The number of aliphatic carboxylic acids is 1. The summed E-state index contributed by atoms with van der Waals surface area (Å²) in [5.41, 5.74) is 0. The van der Waals surface area contributed by atoms with Crippen molar-refractivity contribution < 1.29 is 27.5 Å². The average molecular weight is 386 g/mol. The summed E-state index contributed by atoms with van der Waals surface area (Å²) in [4.78, 5) is 24.9. The molecule has 0 saturated carbocycles. The number of amides is 1. The van der Waals surface area contributed by atoms with E-state index in [9.17, 15) is 22.4 Å². The number of nitrogens with zero attached hydrogens (tertiary/aromatic N) is 2. The van der Waals surface area contributed by atoms with E-state index in [1.165, 1.54) is 24.1 Å². The lowest BCUT2D eigenvalue weighted by Crippen LogP contribution is -2.32. The Balaban J connectivity index is 1.86. The highest BCUT2D eigenvalue weighted by Crippen LogP contribution is 2.24. The Morgan fingerprint density at radius 3 is 2.42 bits per heavy atom. The second kappa shape index (κ2) is 8.13. The molecule has 7 nitrogen and oxygen atoms in total. The third-order valence-corrected chi connectivity index (χ3v) is 6.54. The van der Waals surface area contributed by atoms with Crippen LogP contribution in [0.3, 0.4) is 0 Å². The van der Waals surface area contributed by atoms with Crippen LogP contribution in [0.4, 0.5) is 4.39 Å². The summed E-state index contributed by atoms with van der Waals surface area (Å²) in [5.74, 6) is -2.25. The zero-order valence-electron chi connectivity index (χ0n) is 14.8. The van der Waals surface area contributed by atoms with Crippen LogP contribution in [0, 0.1) is 17.7 Å². The molecule has 144 valence electrons. The number of rotatable bonds is 7. The van der Waals surface area contributed by atoms with Gasteiger partial charge in [0, 0.05) is 33.1 Å². The molecule has 9 heteroatoms. The van der Waals surface area contributed by atoms with Crippen molar-refractivity contribution in [3.8, 4) is 0 Å². The molecule has 1 amide bonds. The standard InChI is InChI=1S/C17H23FN2O5S/c1-12-10-20(11-15(12)17(22)23)16(21)4-3-9-19(2)26(24,25)14-7-5-13(18)6-8-14/h5-8,12,15H,3-4,9-11H2,1-2H3,(H,22,23)/t12-,15-/m1/s1. The zero-order valence-corrected chi connectivity index (χ0v) is 15.6. The van der Waals surface area contributed by atoms with Crippen LogP contribution in [0.15, 0.2) is 29.2 Å². The van der Waals surface area contributed by atoms with E-state index in [-0.39, 0.29) is 36.2 Å². The molecule has 1 aromatic carbocycles. The quantitative estimate of drug-likeness (QED) is 0.764. The van der Waals surface area contributed by atoms with Gasteiger partial charge in [0.25, 0.3) is 0 Å². The summed E-state index contributed by atoms with van der Waals surface area (Å²) in [6, 6.07) is 4.56. The third-order valence-electron chi connectivity index (χ3n) is 4.67. The number of carbonyl (C=O) groups is 2. The molecule has 0 spiro atoms. The lowest BCUT2D eigenvalue weighted by atomic mass is 9.99. The van der Waals surface area contributed by atoms with Crippen molar-refractivity contribution in [1.29, 1.82) is 0 Å². The van der Waals surface area contributed by atoms with Crippen molar-refractivity contribution in [3.63, 3.8) is 0 Å². The summed E-state index contributed by atoms with van der Waals surface area (Å²) in [7, 11) is -2.33. The molecule has 1 heterocycles. The number of benzene rings is 1. The predicted octanol–water partition coefficient (Wildman–Crippen LogP) is 1.41. The van der Waals surface area contributed by atoms with Crippen LogP contribution in [-0.2, 0) is 19.6 Å². The maximum absolute atomic E-state index is 12.9. The number of hydrogen-bond donors (Lipinski definition) is 1. The fraction of sp³-hybridized carbons (Fsp3) is 0.529. The van der Waals surface area contributed by atoms with E-state index in [4.69, 9.17) is 5.11 Å². The summed E-state index contributed by atoms with van der Waals surface area (Å²) in [6.45, 7) is 2.53. The maximum atomic E-state index is 12.9. The molecule has 0 aliphatic carbocycles. The number of hydrogen-bond acceptors (Lipinski definition) is 4. The maximum Gasteiger partial charge on any atom is 0.308 e. The molecule has 2 rings (SSSR count). The van der Waals surface area contributed by atoms with Gasteiger partial charge in [0.15, 0.2) is 0 Å². The van der Waals surface area contributed by atoms with E-state index in [2.05, 4.69) is 0 Å². The number of likely N-dealkylation sites (tertiary alicyclic amines) is 1. The first-order chi connectivity index (χ1) is 12.1. The smallest absolute Gasteiger partial charge is 0.308 e. The minimum atomic E-state index is -3.74. The van der Waals surface area contributed by atoms with Gasteiger partial charge in [-0.1, -0.05) is 6.92 Å². The number of carboxylic acids is 1. The highest BCUT2D eigenvalue weighted by molar-refractivity contribution is 7.89. The van der Waals surface area contributed by atoms with Gasteiger partial charge in [-0.05, 0) is 36.6 Å². The van der Waals surface area contributed by atoms with E-state index in [1.807, 2.05) is 0 Å². The molecule has 0 aromatic heterocycles. The van der Waals surface area contributed by atoms with Crippen LogP contribution in [-0.4, -0.2) is 61.3 Å². The van der Waals surface area contributed by atoms with Gasteiger partial charge in [0.05, 0.1) is 10.8 Å². The molecule has 1 fully saturated rings. The molecule has 0 unspecified atom stereocenters. The molecule has 1 aliphatic heterocycles. The molecule has 0 bridgehead atoms. The first-order valence-corrected chi connectivity index (χ1v) is 9.79. The number of halogens is 1. The van der Waals surface area contributed by atoms with E-state index < -0.39 is 27.7 Å². The number of carbonyl (C=O) groups excluding carboxylic acids is 1. The van der Waals surface area contributed by atoms with Gasteiger partial charge in [0.2, 0.25) is 15.9 Å². The second-order valence-corrected chi connectivity index (χ2v) is 8.65. The third kappa shape index (κ3) is 4.59. The largest absolute Gasteiger partial charge is 0.481 e. The second-order valence-electron chi connectivity index (χ2n) is 6.60. The average Bonchev–Trinajstić information content (AvgIpc) is 2.97. The van der Waals surface area contributed by atoms with Gasteiger partial charge in [-0.15, -0.1) is 0 Å². The zero-order chi connectivity index (χ0) is 19.5. The molecule has 1 aromatic rings. The van der Waals surface area contributed by atoms with Crippen LogP contribution in [0.1, 0.15) is 19.8 Å². The predicted molar refractivity (Wildman–Crippen MR) is 92.3 cm³/mol. The Labute approximate surface area is 152 Å². The van der Waals surface area contributed by atoms with E-state index >= 15 is 0 Å². The van der Waals surface area contributed by atoms with Crippen molar-refractivity contribution in [2.45, 2.75) is 24.7 Å². The Morgan fingerprint density at radius 1 is 1.27 bits per heavy atom. The van der Waals surface area contributed by atoms with Crippen LogP contribution >= 0.6 is 0 Å². The van der Waals surface area contributed by atoms with Crippen LogP contribution < -0.4 is 0 Å². The first kappa shape index (κ1) is 20.3. The lowest BCUT2D eigenvalue weighted by molar-refractivity contribution is -0.142. The minimum Gasteiger partial charge on any atom is -0.481 e. The Kier molecular flexibility index (Phi) is 6.35. The van der Waals surface area contributed by atoms with Crippen molar-refractivity contribution >= 4 is 21.9 Å². The van der Waals surface area contributed by atoms with Crippen molar-refractivity contribution in [2.24, 2.45) is 11.8 Å². The van der Waals surface area contributed by atoms with E-state index in [1.54, 1.807) is 6.92 Å². The fourth-order valence-electron chi connectivity index (χ4n) is 3.01. The van der Waals surface area contributed by atoms with E-state index in [0.29, 0.717) is 13.0 Å². The Bertz CT molecular complexity index is 766. The number of carboxylic acid groups (broad SMARTS) is 1. The molecular formula is C17H23FN2O5S. The molecule has 0 radical (unpaired) electrons. The minimum absolute atomic E-state index is 0.00889. The monoisotopic (exact) mass is 386 g/mol. The van der Waals surface area contributed by atoms with Crippen molar-refractivity contribution in [1.82, 2.24) is 9.21 Å². The number of sulfonamides is 1. The fourth-order valence-corrected chi connectivity index (χ4v) is 4.22. The van der Waals surface area contributed by atoms with Crippen LogP contribution in [0.5, 0.6) is 0 Å². The van der Waals surface area contributed by atoms with Crippen LogP contribution in [0.2, 0.25) is 0 Å². The van der Waals surface area contributed by atoms with Gasteiger partial charge < -0.3 is 10.0 Å². The summed E-state index contributed by atoms with van der Waals surface area (Å²) >= 11 is 0. The SMILES string of the molecule is C[C@@H]1CN(C(=O)CCCN(C)S(=O)(=O)c2ccc(F)cc2)C[C@H]1C(=O)O. The molecule has 1 aliphatic rings. The summed E-state index contributed by atoms with van der Waals surface area (Å²) < 4.78 is 38.8. The van der Waals surface area contributed by atoms with E-state index in [0.717, 1.165) is 16.4 Å². The molecule has 1 N–H and O–H groups in total. The van der Waals surface area contributed by atoms with Gasteiger partial charge >= 0.3 is 5.97 Å². The first-order valence-electron chi connectivity index (χ1n) is 8.35. The van der Waals surface area contributed by atoms with Gasteiger partial charge in [-0.25, -0.2) is 17.1 Å². The van der Waals surface area contributed by atoms with Gasteiger partial charge in [-0.3, -0.25) is 9.59 Å². The Morgan fingerprint density at radius 2 is 1.88 bits per heavy atom. The van der Waals surface area contributed by atoms with Crippen molar-refractivity contribution in [3.05, 3.63) is 30.1 Å². The topological polar surface area (TPSA) is 95.0 Å². The molecule has 1 saturated heterocycles. The van der Waals surface area contributed by atoms with Gasteiger partial charge in [0.1, 0.15) is 5.82 Å². The highest BCUT2D eigenvalue weighted by atomic mass is 32.2. The molecular weight excluding hydrogens is 363 g/mol. The molecule has 2 atom stereocenters. The Hall–Kier alpha value is -2.00. The summed E-state index contributed by atoms with van der Waals surface area (Å²) in [5, 5.41) is 9.11. The summed E-state index contributed by atoms with van der Waals surface area (Å²) in [6.07, 6.45) is 0.459.